The van der Waals surface area contributed by atoms with E-state index in [1.165, 1.54) is 0 Å². The number of hydrogen-bond donors (Lipinski definition) is 0. The maximum Gasteiger partial charge on any atom is 0.170 e. The maximum atomic E-state index is 12.4. The van der Waals surface area contributed by atoms with E-state index in [1.54, 1.807) is 0 Å². The van der Waals surface area contributed by atoms with Gasteiger partial charge < -0.3 is 4.74 Å². The van der Waals surface area contributed by atoms with Crippen LogP contribution in [0, 0.1) is 11.8 Å². The molecule has 1 heterocycles. The highest BCUT2D eigenvalue weighted by Crippen LogP contribution is 2.77. The highest BCUT2D eigenvalue weighted by atomic mass is 35.5. The van der Waals surface area contributed by atoms with Crippen molar-refractivity contribution in [3.63, 3.8) is 0 Å². The minimum atomic E-state index is -1.87. The Kier molecular flexibility index (Phi) is 2.62. The Morgan fingerprint density at radius 3 is 1.50 bits per heavy atom. The second-order valence-electron chi connectivity index (χ2n) is 5.36. The van der Waals surface area contributed by atoms with Gasteiger partial charge in [0.25, 0.3) is 0 Å². The van der Waals surface area contributed by atoms with Gasteiger partial charge in [-0.05, 0) is 0 Å². The number of alkyl halides is 4. The smallest absolute Gasteiger partial charge is 0.170 e. The Labute approximate surface area is 143 Å². The number of allylic oxidation sites excluding steroid dienone is 2. The van der Waals surface area contributed by atoms with Crippen LogP contribution >= 0.6 is 69.6 Å². The monoisotopic (exact) mass is 394 g/mol. The molecule has 0 aromatic carbocycles. The molecule has 1 saturated heterocycles. The molecule has 0 unspecified atom stereocenters. The lowest BCUT2D eigenvalue weighted by Gasteiger charge is -2.36. The number of epoxide rings is 1. The van der Waals surface area contributed by atoms with Crippen molar-refractivity contribution in [1.82, 2.24) is 0 Å². The van der Waals surface area contributed by atoms with Crippen molar-refractivity contribution >= 4 is 81.2 Å². The summed E-state index contributed by atoms with van der Waals surface area (Å²) in [4.78, 5) is 21.4. The van der Waals surface area contributed by atoms with Gasteiger partial charge in [0.1, 0.15) is 9.75 Å². The molecule has 0 aromatic rings. The highest BCUT2D eigenvalue weighted by molar-refractivity contribution is 6.66. The SMILES string of the molecule is O=C1[C@@H]2[C@H](C(=O)[C@H]3O[C@@H]13)[C@@]1(Cl)C(Cl)=C(Cl)[C@]2(Cl)C1(Cl)Cl. The summed E-state index contributed by atoms with van der Waals surface area (Å²) in [6.07, 6.45) is -1.60. The lowest BCUT2D eigenvalue weighted by molar-refractivity contribution is -0.135. The van der Waals surface area contributed by atoms with Gasteiger partial charge in [-0.15, -0.1) is 23.2 Å². The molecule has 20 heavy (non-hydrogen) atoms. The van der Waals surface area contributed by atoms with Crippen LogP contribution in [0.2, 0.25) is 0 Å². The Morgan fingerprint density at radius 2 is 1.15 bits per heavy atom. The van der Waals surface area contributed by atoms with Crippen molar-refractivity contribution in [2.45, 2.75) is 26.3 Å². The Morgan fingerprint density at radius 1 is 0.800 bits per heavy atom. The van der Waals surface area contributed by atoms with Crippen LogP contribution in [0.15, 0.2) is 10.1 Å². The summed E-state index contributed by atoms with van der Waals surface area (Å²) in [6.45, 7) is 0. The van der Waals surface area contributed by atoms with Gasteiger partial charge in [0.2, 0.25) is 0 Å². The number of rotatable bonds is 0. The Bertz CT molecular complexity index is 580. The molecular formula is C11H4Cl6O3. The molecule has 0 amide bonds. The first-order valence-corrected chi connectivity index (χ1v) is 7.93. The third-order valence-corrected chi connectivity index (χ3v) is 8.86. The minimum Gasteiger partial charge on any atom is -0.353 e. The van der Waals surface area contributed by atoms with Crippen molar-refractivity contribution in [1.29, 1.82) is 0 Å². The first kappa shape index (κ1) is 14.4. The molecule has 3 nitrogen and oxygen atoms in total. The summed E-state index contributed by atoms with van der Waals surface area (Å²) in [5, 5.41) is -0.162. The third-order valence-electron chi connectivity index (χ3n) is 4.60. The summed E-state index contributed by atoms with van der Waals surface area (Å²) in [7, 11) is 0. The van der Waals surface area contributed by atoms with Crippen molar-refractivity contribution in [2.75, 3.05) is 0 Å². The molecule has 2 saturated carbocycles. The number of hydrogen-bond acceptors (Lipinski definition) is 3. The third kappa shape index (κ3) is 1.12. The van der Waals surface area contributed by atoms with Gasteiger partial charge in [-0.1, -0.05) is 46.4 Å². The van der Waals surface area contributed by atoms with Gasteiger partial charge >= 0.3 is 0 Å². The molecule has 0 aromatic heterocycles. The summed E-state index contributed by atoms with van der Waals surface area (Å²) in [5.41, 5.74) is 0. The van der Waals surface area contributed by atoms with Gasteiger partial charge in [0, 0.05) is 0 Å². The van der Waals surface area contributed by atoms with E-state index in [4.69, 9.17) is 74.3 Å². The summed E-state index contributed by atoms with van der Waals surface area (Å²) in [6, 6.07) is 0. The average Bonchev–Trinajstić information content (AvgIpc) is 3.14. The van der Waals surface area contributed by atoms with Gasteiger partial charge in [0.15, 0.2) is 28.1 Å². The molecule has 0 spiro atoms. The zero-order valence-corrected chi connectivity index (χ0v) is 13.8. The quantitative estimate of drug-likeness (QED) is 0.467. The predicted molar refractivity (Wildman–Crippen MR) is 76.0 cm³/mol. The van der Waals surface area contributed by atoms with Crippen LogP contribution in [-0.2, 0) is 14.3 Å². The fourth-order valence-electron chi connectivity index (χ4n) is 3.60. The van der Waals surface area contributed by atoms with Crippen LogP contribution in [-0.4, -0.2) is 37.9 Å². The maximum absolute atomic E-state index is 12.4. The minimum absolute atomic E-state index is 0.0812. The molecular weight excluding hydrogens is 393 g/mol. The van der Waals surface area contributed by atoms with Crippen LogP contribution in [0.3, 0.4) is 0 Å². The van der Waals surface area contributed by atoms with Gasteiger partial charge in [-0.25, -0.2) is 0 Å². The van der Waals surface area contributed by atoms with E-state index in [9.17, 15) is 9.59 Å². The molecule has 1 aliphatic heterocycles. The van der Waals surface area contributed by atoms with Crippen LogP contribution in [0.1, 0.15) is 0 Å². The topological polar surface area (TPSA) is 46.7 Å². The number of fused-ring (bicyclic) bond motifs is 6. The van der Waals surface area contributed by atoms with E-state index in [2.05, 4.69) is 0 Å². The first-order chi connectivity index (χ1) is 9.11. The molecule has 0 N–H and O–H groups in total. The van der Waals surface area contributed by atoms with Crippen molar-refractivity contribution < 1.29 is 14.3 Å². The summed E-state index contributed by atoms with van der Waals surface area (Å²) < 4.78 is 3.22. The largest absolute Gasteiger partial charge is 0.353 e. The van der Waals surface area contributed by atoms with E-state index < -0.39 is 38.1 Å². The molecule has 0 radical (unpaired) electrons. The number of carbonyl (C=O) groups excluding carboxylic acids is 2. The Hall–Kier alpha value is 0.780. The fourth-order valence-corrected chi connectivity index (χ4v) is 6.56. The molecule has 4 rings (SSSR count). The zero-order chi connectivity index (χ0) is 14.8. The summed E-state index contributed by atoms with van der Waals surface area (Å²) >= 11 is 37.9. The second-order valence-corrected chi connectivity index (χ2v) is 8.64. The molecule has 6 atom stereocenters. The van der Waals surface area contributed by atoms with Crippen LogP contribution in [0.5, 0.6) is 0 Å². The van der Waals surface area contributed by atoms with Crippen LogP contribution in [0.4, 0.5) is 0 Å². The zero-order valence-electron chi connectivity index (χ0n) is 9.30. The number of ketones is 2. The molecule has 2 bridgehead atoms. The van der Waals surface area contributed by atoms with Crippen LogP contribution < -0.4 is 0 Å². The molecule has 3 fully saturated rings. The van der Waals surface area contributed by atoms with E-state index in [0.717, 1.165) is 0 Å². The van der Waals surface area contributed by atoms with E-state index in [-0.39, 0.29) is 21.6 Å². The highest BCUT2D eigenvalue weighted by Gasteiger charge is 2.88. The molecule has 108 valence electrons. The first-order valence-electron chi connectivity index (χ1n) is 5.66. The second kappa shape index (κ2) is 3.64. The Balaban J connectivity index is 2.03. The number of carbonyl (C=O) groups is 2. The molecule has 4 aliphatic rings. The fraction of sp³-hybridized carbons (Fsp3) is 0.636. The van der Waals surface area contributed by atoms with Gasteiger partial charge in [0.05, 0.1) is 21.9 Å². The summed E-state index contributed by atoms with van der Waals surface area (Å²) in [5.74, 6) is -2.79. The normalized spacial score (nSPS) is 55.1. The number of halogens is 6. The predicted octanol–water partition coefficient (Wildman–Crippen LogP) is 2.98. The van der Waals surface area contributed by atoms with Crippen LogP contribution in [0.25, 0.3) is 0 Å². The van der Waals surface area contributed by atoms with Gasteiger partial charge in [-0.2, -0.15) is 0 Å². The van der Waals surface area contributed by atoms with Gasteiger partial charge in [-0.3, -0.25) is 9.59 Å². The number of Topliss-reactive ketones (excluding diaryl/α,β-unsaturated/α-hetero) is 2. The van der Waals surface area contributed by atoms with Crippen molar-refractivity contribution in [3.8, 4) is 0 Å². The molecule has 3 aliphatic carbocycles. The van der Waals surface area contributed by atoms with Crippen molar-refractivity contribution in [2.24, 2.45) is 11.8 Å². The lowest BCUT2D eigenvalue weighted by Crippen LogP contribution is -2.51. The van der Waals surface area contributed by atoms with E-state index in [1.807, 2.05) is 0 Å². The van der Waals surface area contributed by atoms with E-state index in [0.29, 0.717) is 0 Å². The average molecular weight is 397 g/mol. The number of ether oxygens (including phenoxy) is 1. The van der Waals surface area contributed by atoms with E-state index >= 15 is 0 Å². The van der Waals surface area contributed by atoms with Crippen molar-refractivity contribution in [3.05, 3.63) is 10.1 Å². The lowest BCUT2D eigenvalue weighted by atomic mass is 9.71. The molecule has 9 heteroatoms. The standard InChI is InChI=1S/C11H4Cl6O3/c12-7-8(13)10(15)2-1(9(7,14)11(10,16)17)3(18)5-6(20-5)4(2)19/h1-2,5-6H/t1-,2+,5-,6+,9-,10+.